The molecule has 0 saturated heterocycles. The topological polar surface area (TPSA) is 122 Å². The number of nitrogens with zero attached hydrogens (tertiary/aromatic N) is 2. The Balaban J connectivity index is 2.11. The zero-order chi connectivity index (χ0) is 22.3. The fourth-order valence-electron chi connectivity index (χ4n) is 3.81. The first-order chi connectivity index (χ1) is 14.2. The second kappa shape index (κ2) is 10.2. The van der Waals surface area contributed by atoms with Gasteiger partial charge in [-0.15, -0.1) is 0 Å². The molecule has 1 aromatic rings. The normalized spacial score (nSPS) is 16.2. The van der Waals surface area contributed by atoms with Crippen molar-refractivity contribution in [2.45, 2.75) is 64.5 Å². The maximum Gasteiger partial charge on any atom is 0.270 e. The van der Waals surface area contributed by atoms with Crippen molar-refractivity contribution in [3.05, 3.63) is 39.9 Å². The molecule has 30 heavy (non-hydrogen) atoms. The molecule has 9 nitrogen and oxygen atoms in total. The number of carbonyl (C=O) groups is 3. The smallest absolute Gasteiger partial charge is 0.270 e. The largest absolute Gasteiger partial charge is 0.341 e. The van der Waals surface area contributed by atoms with E-state index < -0.39 is 28.3 Å². The van der Waals surface area contributed by atoms with Crippen molar-refractivity contribution in [3.8, 4) is 0 Å². The Morgan fingerprint density at radius 2 is 1.80 bits per heavy atom. The predicted octanol–water partition coefficient (Wildman–Crippen LogP) is 2.40. The standard InChI is InChI=1S/C21H30N4O5/c1-4-24(5-2)20(28)21(12-7-6-8-13-21)23-18(26)15(3)22-19(27)16-10-9-11-17(14-16)25(29)30/h9-11,14-15H,4-8,12-13H2,1-3H3,(H,22,27)(H,23,26). The van der Waals surface area contributed by atoms with E-state index in [-0.39, 0.29) is 17.2 Å². The number of hydrogen-bond donors (Lipinski definition) is 2. The first-order valence-corrected chi connectivity index (χ1v) is 10.4. The third-order valence-electron chi connectivity index (χ3n) is 5.59. The summed E-state index contributed by atoms with van der Waals surface area (Å²) in [5.74, 6) is -1.12. The van der Waals surface area contributed by atoms with Crippen LogP contribution in [0.1, 0.15) is 63.2 Å². The van der Waals surface area contributed by atoms with Gasteiger partial charge in [0.05, 0.1) is 4.92 Å². The van der Waals surface area contributed by atoms with Crippen molar-refractivity contribution in [2.24, 2.45) is 0 Å². The van der Waals surface area contributed by atoms with E-state index in [4.69, 9.17) is 0 Å². The molecule has 9 heteroatoms. The summed E-state index contributed by atoms with van der Waals surface area (Å²) >= 11 is 0. The van der Waals surface area contributed by atoms with E-state index in [0.717, 1.165) is 25.3 Å². The van der Waals surface area contributed by atoms with Crippen molar-refractivity contribution in [1.29, 1.82) is 0 Å². The second-order valence-corrected chi connectivity index (χ2v) is 7.61. The monoisotopic (exact) mass is 418 g/mol. The number of rotatable bonds is 8. The number of likely N-dealkylation sites (N-methyl/N-ethyl adjacent to an activating group) is 1. The zero-order valence-corrected chi connectivity index (χ0v) is 17.8. The average molecular weight is 418 g/mol. The SMILES string of the molecule is CCN(CC)C(=O)C1(NC(=O)C(C)NC(=O)c2cccc([N+](=O)[O-])c2)CCCCC1. The lowest BCUT2D eigenvalue weighted by molar-refractivity contribution is -0.384. The Morgan fingerprint density at radius 1 is 1.17 bits per heavy atom. The molecule has 0 radical (unpaired) electrons. The van der Waals surface area contributed by atoms with E-state index in [2.05, 4.69) is 10.6 Å². The summed E-state index contributed by atoms with van der Waals surface area (Å²) in [6.45, 7) is 6.46. The molecular weight excluding hydrogens is 388 g/mol. The van der Waals surface area contributed by atoms with Gasteiger partial charge < -0.3 is 15.5 Å². The number of nitrogens with one attached hydrogen (secondary N) is 2. The fourth-order valence-corrected chi connectivity index (χ4v) is 3.81. The molecule has 1 aliphatic rings. The Morgan fingerprint density at radius 3 is 2.37 bits per heavy atom. The van der Waals surface area contributed by atoms with Gasteiger partial charge in [-0.2, -0.15) is 0 Å². The average Bonchev–Trinajstić information content (AvgIpc) is 2.75. The van der Waals surface area contributed by atoms with E-state index in [1.54, 1.807) is 4.90 Å². The van der Waals surface area contributed by atoms with Gasteiger partial charge in [-0.3, -0.25) is 24.5 Å². The highest BCUT2D eigenvalue weighted by Crippen LogP contribution is 2.30. The molecule has 3 amide bonds. The van der Waals surface area contributed by atoms with E-state index >= 15 is 0 Å². The fraction of sp³-hybridized carbons (Fsp3) is 0.571. The summed E-state index contributed by atoms with van der Waals surface area (Å²) in [7, 11) is 0. The molecule has 1 fully saturated rings. The number of carbonyl (C=O) groups excluding carboxylic acids is 3. The summed E-state index contributed by atoms with van der Waals surface area (Å²) in [4.78, 5) is 50.5. The van der Waals surface area contributed by atoms with E-state index in [0.29, 0.717) is 25.9 Å². The van der Waals surface area contributed by atoms with Gasteiger partial charge in [0, 0.05) is 30.8 Å². The van der Waals surface area contributed by atoms with E-state index in [1.807, 2.05) is 13.8 Å². The van der Waals surface area contributed by atoms with Crippen LogP contribution >= 0.6 is 0 Å². The third kappa shape index (κ3) is 5.34. The van der Waals surface area contributed by atoms with Gasteiger partial charge >= 0.3 is 0 Å². The zero-order valence-electron chi connectivity index (χ0n) is 17.8. The summed E-state index contributed by atoms with van der Waals surface area (Å²) in [5.41, 5.74) is -1.06. The third-order valence-corrected chi connectivity index (χ3v) is 5.59. The van der Waals surface area contributed by atoms with Gasteiger partial charge in [-0.1, -0.05) is 25.3 Å². The lowest BCUT2D eigenvalue weighted by Gasteiger charge is -2.40. The Kier molecular flexibility index (Phi) is 7.91. The highest BCUT2D eigenvalue weighted by Gasteiger charge is 2.43. The van der Waals surface area contributed by atoms with Crippen molar-refractivity contribution in [3.63, 3.8) is 0 Å². The highest BCUT2D eigenvalue weighted by molar-refractivity contribution is 5.99. The first kappa shape index (κ1) is 23.3. The minimum atomic E-state index is -0.953. The van der Waals surface area contributed by atoms with Crippen LogP contribution in [0.4, 0.5) is 5.69 Å². The van der Waals surface area contributed by atoms with Crippen LogP contribution in [0.3, 0.4) is 0 Å². The minimum Gasteiger partial charge on any atom is -0.341 e. The molecule has 164 valence electrons. The quantitative estimate of drug-likeness (QED) is 0.496. The van der Waals surface area contributed by atoms with Crippen LogP contribution < -0.4 is 10.6 Å². The van der Waals surface area contributed by atoms with E-state index in [1.165, 1.54) is 25.1 Å². The summed E-state index contributed by atoms with van der Waals surface area (Å²) in [6.07, 6.45) is 3.85. The molecule has 1 aliphatic carbocycles. The van der Waals surface area contributed by atoms with Crippen molar-refractivity contribution < 1.29 is 19.3 Å². The number of non-ortho nitro benzene ring substituents is 1. The molecule has 0 bridgehead atoms. The van der Waals surface area contributed by atoms with Crippen LogP contribution in [0.2, 0.25) is 0 Å². The molecule has 0 spiro atoms. The van der Waals surface area contributed by atoms with Crippen molar-refractivity contribution in [1.82, 2.24) is 15.5 Å². The number of amides is 3. The molecule has 0 heterocycles. The predicted molar refractivity (Wildman–Crippen MR) is 112 cm³/mol. The first-order valence-electron chi connectivity index (χ1n) is 10.4. The molecule has 0 aromatic heterocycles. The Hall–Kier alpha value is -2.97. The van der Waals surface area contributed by atoms with Crippen LogP contribution in [0, 0.1) is 10.1 Å². The molecule has 2 N–H and O–H groups in total. The minimum absolute atomic E-state index is 0.0854. The van der Waals surface area contributed by atoms with Crippen LogP contribution in [-0.2, 0) is 9.59 Å². The number of benzene rings is 1. The van der Waals surface area contributed by atoms with Gasteiger partial charge in [0.1, 0.15) is 11.6 Å². The second-order valence-electron chi connectivity index (χ2n) is 7.61. The molecule has 1 atom stereocenters. The van der Waals surface area contributed by atoms with Gasteiger partial charge in [0.25, 0.3) is 11.6 Å². The maximum absolute atomic E-state index is 13.1. The molecule has 0 aliphatic heterocycles. The van der Waals surface area contributed by atoms with Gasteiger partial charge in [0.2, 0.25) is 11.8 Å². The van der Waals surface area contributed by atoms with Crippen molar-refractivity contribution >= 4 is 23.4 Å². The van der Waals surface area contributed by atoms with Crippen LogP contribution in [-0.4, -0.2) is 52.2 Å². The van der Waals surface area contributed by atoms with E-state index in [9.17, 15) is 24.5 Å². The summed E-state index contributed by atoms with van der Waals surface area (Å²) in [5, 5.41) is 16.4. The van der Waals surface area contributed by atoms with Gasteiger partial charge in [0.15, 0.2) is 0 Å². The van der Waals surface area contributed by atoms with Crippen LogP contribution in [0.5, 0.6) is 0 Å². The number of nitro benzene ring substituents is 1. The lowest BCUT2D eigenvalue weighted by atomic mass is 9.80. The van der Waals surface area contributed by atoms with Gasteiger partial charge in [-0.25, -0.2) is 0 Å². The molecular formula is C21H30N4O5. The lowest BCUT2D eigenvalue weighted by Crippen LogP contribution is -2.63. The maximum atomic E-state index is 13.1. The molecule has 1 unspecified atom stereocenters. The molecule has 1 saturated carbocycles. The Labute approximate surface area is 176 Å². The molecule has 2 rings (SSSR count). The van der Waals surface area contributed by atoms with Crippen molar-refractivity contribution in [2.75, 3.05) is 13.1 Å². The highest BCUT2D eigenvalue weighted by atomic mass is 16.6. The molecule has 1 aromatic carbocycles. The van der Waals surface area contributed by atoms with Gasteiger partial charge in [-0.05, 0) is 39.7 Å². The number of nitro groups is 1. The van der Waals surface area contributed by atoms with Crippen LogP contribution in [0.15, 0.2) is 24.3 Å². The van der Waals surface area contributed by atoms with Crippen LogP contribution in [0.25, 0.3) is 0 Å². The summed E-state index contributed by atoms with van der Waals surface area (Å²) in [6, 6.07) is 4.40. The number of hydrogen-bond acceptors (Lipinski definition) is 5. The Bertz CT molecular complexity index is 800. The summed E-state index contributed by atoms with van der Waals surface area (Å²) < 4.78 is 0.